The van der Waals surface area contributed by atoms with E-state index in [0.29, 0.717) is 5.92 Å². The Morgan fingerprint density at radius 3 is 2.19 bits per heavy atom. The van der Waals surface area contributed by atoms with Crippen LogP contribution in [0.5, 0.6) is 0 Å². The molecule has 0 heterocycles. The van der Waals surface area contributed by atoms with Gasteiger partial charge in [0.1, 0.15) is 0 Å². The molecule has 1 atom stereocenters. The topological polar surface area (TPSA) is 0 Å². The molecular formula is C26H42. The van der Waals surface area contributed by atoms with Crippen molar-refractivity contribution in [2.24, 2.45) is 11.3 Å². The number of rotatable bonds is 10. The van der Waals surface area contributed by atoms with Gasteiger partial charge < -0.3 is 0 Å². The summed E-state index contributed by atoms with van der Waals surface area (Å²) in [5.41, 5.74) is 6.70. The molecule has 0 aliphatic rings. The fourth-order valence-corrected chi connectivity index (χ4v) is 2.93. The smallest absolute Gasteiger partial charge is 0.00375 e. The van der Waals surface area contributed by atoms with Gasteiger partial charge in [-0.1, -0.05) is 93.9 Å². The lowest BCUT2D eigenvalue weighted by molar-refractivity contribution is 0.347. The van der Waals surface area contributed by atoms with Crippen molar-refractivity contribution >= 4 is 0 Å². The second kappa shape index (κ2) is 11.9. The van der Waals surface area contributed by atoms with Crippen molar-refractivity contribution in [1.29, 1.82) is 0 Å². The summed E-state index contributed by atoms with van der Waals surface area (Å²) in [6.07, 6.45) is 17.0. The Morgan fingerprint density at radius 1 is 1.12 bits per heavy atom. The van der Waals surface area contributed by atoms with E-state index in [-0.39, 0.29) is 5.41 Å². The molecule has 0 amide bonds. The Kier molecular flexibility index (Phi) is 11.2. The summed E-state index contributed by atoms with van der Waals surface area (Å²) in [5, 5.41) is 0. The second-order valence-electron chi connectivity index (χ2n) is 8.31. The van der Waals surface area contributed by atoms with Crippen molar-refractivity contribution < 1.29 is 0 Å². The molecule has 1 unspecified atom stereocenters. The van der Waals surface area contributed by atoms with Gasteiger partial charge in [0.2, 0.25) is 0 Å². The highest BCUT2D eigenvalue weighted by Crippen LogP contribution is 2.42. The van der Waals surface area contributed by atoms with Crippen molar-refractivity contribution in [3.63, 3.8) is 0 Å². The van der Waals surface area contributed by atoms with Crippen LogP contribution in [0.3, 0.4) is 0 Å². The molecule has 0 fully saturated rings. The first-order valence-electron chi connectivity index (χ1n) is 10.1. The molecule has 0 aromatic rings. The lowest BCUT2D eigenvalue weighted by atomic mass is 9.69. The van der Waals surface area contributed by atoms with E-state index < -0.39 is 0 Å². The highest BCUT2D eigenvalue weighted by atomic mass is 14.3. The maximum absolute atomic E-state index is 4.17. The fourth-order valence-electron chi connectivity index (χ4n) is 2.93. The predicted octanol–water partition coefficient (Wildman–Crippen LogP) is 8.76. The van der Waals surface area contributed by atoms with Crippen LogP contribution in [-0.2, 0) is 0 Å². The average molecular weight is 355 g/mol. The highest BCUT2D eigenvalue weighted by Gasteiger charge is 2.30. The van der Waals surface area contributed by atoms with Crippen LogP contribution in [0.2, 0.25) is 0 Å². The SMILES string of the molecule is C=C(C)C=C(C(C=CCCC)=C(C)CC=C(C)C)C(C)(C)C(C)C=CC. The van der Waals surface area contributed by atoms with E-state index in [1.54, 1.807) is 0 Å². The number of allylic oxidation sites excluding steroid dienone is 11. The van der Waals surface area contributed by atoms with Gasteiger partial charge in [-0.2, -0.15) is 0 Å². The van der Waals surface area contributed by atoms with Crippen molar-refractivity contribution in [2.45, 2.75) is 81.6 Å². The van der Waals surface area contributed by atoms with Crippen LogP contribution in [0.4, 0.5) is 0 Å². The monoisotopic (exact) mass is 354 g/mol. The van der Waals surface area contributed by atoms with Crippen LogP contribution in [0.15, 0.2) is 70.9 Å². The van der Waals surface area contributed by atoms with Gasteiger partial charge in [0.25, 0.3) is 0 Å². The first-order chi connectivity index (χ1) is 12.1. The van der Waals surface area contributed by atoms with Crippen molar-refractivity contribution in [1.82, 2.24) is 0 Å². The molecule has 0 spiro atoms. The average Bonchev–Trinajstić information content (AvgIpc) is 2.54. The Labute approximate surface area is 164 Å². The first kappa shape index (κ1) is 24.4. The molecule has 26 heavy (non-hydrogen) atoms. The Hall–Kier alpha value is -1.56. The number of hydrogen-bond acceptors (Lipinski definition) is 0. The summed E-state index contributed by atoms with van der Waals surface area (Å²) >= 11 is 0. The summed E-state index contributed by atoms with van der Waals surface area (Å²) in [4.78, 5) is 0. The maximum atomic E-state index is 4.17. The summed E-state index contributed by atoms with van der Waals surface area (Å²) in [6.45, 7) is 24.2. The summed E-state index contributed by atoms with van der Waals surface area (Å²) < 4.78 is 0. The molecule has 0 radical (unpaired) electrons. The Balaban J connectivity index is 6.41. The van der Waals surface area contributed by atoms with Crippen LogP contribution in [0.25, 0.3) is 0 Å². The molecule has 146 valence electrons. The minimum Gasteiger partial charge on any atom is -0.0961 e. The quantitative estimate of drug-likeness (QED) is 0.272. The van der Waals surface area contributed by atoms with E-state index in [4.69, 9.17) is 0 Å². The normalized spacial score (nSPS) is 15.3. The highest BCUT2D eigenvalue weighted by molar-refractivity contribution is 5.49. The Bertz CT molecular complexity index is 596. The molecule has 0 rings (SSSR count). The van der Waals surface area contributed by atoms with Gasteiger partial charge in [-0.05, 0) is 69.9 Å². The molecule has 0 aromatic carbocycles. The summed E-state index contributed by atoms with van der Waals surface area (Å²) in [7, 11) is 0. The lowest BCUT2D eigenvalue weighted by Gasteiger charge is -2.35. The fraction of sp³-hybridized carbons (Fsp3) is 0.538. The van der Waals surface area contributed by atoms with Crippen LogP contribution >= 0.6 is 0 Å². The third-order valence-corrected chi connectivity index (χ3v) is 5.01. The van der Waals surface area contributed by atoms with Crippen LogP contribution in [0, 0.1) is 11.3 Å². The molecule has 0 N–H and O–H groups in total. The molecule has 0 bridgehead atoms. The molecule has 0 heteroatoms. The lowest BCUT2D eigenvalue weighted by Crippen LogP contribution is -2.24. The van der Waals surface area contributed by atoms with E-state index in [0.717, 1.165) is 18.4 Å². The van der Waals surface area contributed by atoms with E-state index in [1.165, 1.54) is 28.7 Å². The predicted molar refractivity (Wildman–Crippen MR) is 121 cm³/mol. The zero-order chi connectivity index (χ0) is 20.3. The minimum absolute atomic E-state index is 0.0313. The standard InChI is InChI=1S/C26H42/c1-11-13-14-16-24(22(7)18-17-20(3)4)25(19-21(5)6)26(9,10)23(8)15-12-2/h12,14-17,19,23H,5,11,13,18H2,1-4,6-10H3. The first-order valence-corrected chi connectivity index (χ1v) is 10.1. The molecule has 0 saturated heterocycles. The third-order valence-electron chi connectivity index (χ3n) is 5.01. The van der Waals surface area contributed by atoms with Gasteiger partial charge in [0.15, 0.2) is 0 Å². The van der Waals surface area contributed by atoms with Crippen LogP contribution < -0.4 is 0 Å². The van der Waals surface area contributed by atoms with Gasteiger partial charge in [-0.3, -0.25) is 0 Å². The second-order valence-corrected chi connectivity index (χ2v) is 8.31. The van der Waals surface area contributed by atoms with Crippen molar-refractivity contribution in [3.8, 4) is 0 Å². The third kappa shape index (κ3) is 8.21. The van der Waals surface area contributed by atoms with E-state index in [1.807, 2.05) is 0 Å². The van der Waals surface area contributed by atoms with Crippen molar-refractivity contribution in [2.75, 3.05) is 0 Å². The summed E-state index contributed by atoms with van der Waals surface area (Å²) in [6, 6.07) is 0. The van der Waals surface area contributed by atoms with Gasteiger partial charge in [0.05, 0.1) is 0 Å². The molecule has 0 aromatic heterocycles. The van der Waals surface area contributed by atoms with E-state index >= 15 is 0 Å². The van der Waals surface area contributed by atoms with Gasteiger partial charge in [-0.25, -0.2) is 0 Å². The van der Waals surface area contributed by atoms with Gasteiger partial charge in [-0.15, -0.1) is 0 Å². The van der Waals surface area contributed by atoms with Crippen LogP contribution in [-0.4, -0.2) is 0 Å². The number of hydrogen-bond donors (Lipinski definition) is 0. The zero-order valence-corrected chi connectivity index (χ0v) is 18.9. The van der Waals surface area contributed by atoms with Gasteiger partial charge in [0, 0.05) is 0 Å². The summed E-state index contributed by atoms with van der Waals surface area (Å²) in [5.74, 6) is 0.448. The molecule has 0 saturated carbocycles. The minimum atomic E-state index is 0.0313. The van der Waals surface area contributed by atoms with Gasteiger partial charge >= 0.3 is 0 Å². The van der Waals surface area contributed by atoms with E-state index in [2.05, 4.69) is 105 Å². The number of unbranched alkanes of at least 4 members (excludes halogenated alkanes) is 1. The Morgan fingerprint density at radius 2 is 1.73 bits per heavy atom. The zero-order valence-electron chi connectivity index (χ0n) is 18.9. The molecule has 0 aliphatic carbocycles. The maximum Gasteiger partial charge on any atom is -0.00375 e. The largest absolute Gasteiger partial charge is 0.0961 e. The molecule has 0 nitrogen and oxygen atoms in total. The molecular weight excluding hydrogens is 312 g/mol. The van der Waals surface area contributed by atoms with Crippen molar-refractivity contribution in [3.05, 3.63) is 70.9 Å². The molecule has 0 aliphatic heterocycles. The van der Waals surface area contributed by atoms with Crippen LogP contribution in [0.1, 0.15) is 81.6 Å². The van der Waals surface area contributed by atoms with E-state index in [9.17, 15) is 0 Å².